The first-order chi connectivity index (χ1) is 10.9. The Morgan fingerprint density at radius 1 is 1.57 bits per heavy atom. The molecule has 1 heterocycles. The highest BCUT2D eigenvalue weighted by molar-refractivity contribution is 5.98. The quantitative estimate of drug-likeness (QED) is 0.665. The third-order valence-corrected chi connectivity index (χ3v) is 4.15. The summed E-state index contributed by atoms with van der Waals surface area (Å²) in [7, 11) is 1.55. The van der Waals surface area contributed by atoms with E-state index < -0.39 is 5.97 Å². The molecule has 1 atom stereocenters. The molecule has 1 aromatic rings. The van der Waals surface area contributed by atoms with Crippen molar-refractivity contribution in [2.75, 3.05) is 7.11 Å². The third kappa shape index (κ3) is 3.16. The minimum atomic E-state index is -0.497. The van der Waals surface area contributed by atoms with Crippen LogP contribution in [0.5, 0.6) is 11.5 Å². The molecule has 5 heteroatoms. The summed E-state index contributed by atoms with van der Waals surface area (Å²) in [6.07, 6.45) is 3.06. The van der Waals surface area contributed by atoms with Gasteiger partial charge in [-0.15, -0.1) is 0 Å². The van der Waals surface area contributed by atoms with Gasteiger partial charge in [0.25, 0.3) is 0 Å². The molecule has 1 aromatic carbocycles. The number of carbonyl (C=O) groups excluding carboxylic acids is 1. The van der Waals surface area contributed by atoms with Crippen LogP contribution in [0.15, 0.2) is 11.6 Å². The van der Waals surface area contributed by atoms with E-state index in [1.165, 1.54) is 0 Å². The van der Waals surface area contributed by atoms with E-state index >= 15 is 0 Å². The Bertz CT molecular complexity index is 713. The van der Waals surface area contributed by atoms with Crippen molar-refractivity contribution >= 4 is 5.97 Å². The number of hydrogen-bond acceptors (Lipinski definition) is 5. The molecule has 23 heavy (non-hydrogen) atoms. The smallest absolute Gasteiger partial charge is 0.342 e. The minimum Gasteiger partial charge on any atom is -0.507 e. The van der Waals surface area contributed by atoms with Gasteiger partial charge in [-0.1, -0.05) is 11.6 Å². The summed E-state index contributed by atoms with van der Waals surface area (Å²) >= 11 is 0. The molecule has 122 valence electrons. The molecule has 1 unspecified atom stereocenters. The lowest BCUT2D eigenvalue weighted by Gasteiger charge is -2.15. The molecule has 0 fully saturated rings. The molecule has 0 spiro atoms. The van der Waals surface area contributed by atoms with Crippen LogP contribution >= 0.6 is 0 Å². The van der Waals surface area contributed by atoms with Crippen molar-refractivity contribution in [2.45, 2.75) is 40.2 Å². The number of phenolic OH excluding ortho intramolecular Hbond substituents is 1. The number of carbonyl (C=O) groups is 1. The molecule has 0 bridgehead atoms. The zero-order valence-electron chi connectivity index (χ0n) is 13.9. The SMILES string of the molecule is COc1c(C)c2c(c(O)c1C/C=C(\C)CC(C)C#N)C(=O)OC2. The maximum atomic E-state index is 11.8. The standard InChI is InChI=1S/C18H21NO4/c1-10(7-11(2)8-19)5-6-13-16(20)15-14(9-23-18(15)21)12(3)17(13)22-4/h5,11,20H,6-7,9H2,1-4H3/b10-5+. The van der Waals surface area contributed by atoms with Crippen LogP contribution in [0.2, 0.25) is 0 Å². The molecule has 1 N–H and O–H groups in total. The maximum Gasteiger partial charge on any atom is 0.342 e. The molecule has 0 saturated carbocycles. The average Bonchev–Trinajstić information content (AvgIpc) is 2.91. The molecular weight excluding hydrogens is 294 g/mol. The van der Waals surface area contributed by atoms with Gasteiger partial charge in [0.1, 0.15) is 23.7 Å². The van der Waals surface area contributed by atoms with Gasteiger partial charge in [0.15, 0.2) is 0 Å². The first-order valence-electron chi connectivity index (χ1n) is 7.54. The van der Waals surface area contributed by atoms with Crippen LogP contribution in [0.4, 0.5) is 0 Å². The Morgan fingerprint density at radius 2 is 2.26 bits per heavy atom. The van der Waals surface area contributed by atoms with Crippen LogP contribution < -0.4 is 4.74 Å². The molecular formula is C18H21NO4. The van der Waals surface area contributed by atoms with Gasteiger partial charge in [0.05, 0.1) is 13.2 Å². The predicted octanol–water partition coefficient (Wildman–Crippen LogP) is 3.42. The average molecular weight is 315 g/mol. The predicted molar refractivity (Wildman–Crippen MR) is 85.4 cm³/mol. The molecule has 0 aliphatic carbocycles. The van der Waals surface area contributed by atoms with Crippen molar-refractivity contribution in [3.63, 3.8) is 0 Å². The Hall–Kier alpha value is -2.48. The normalized spacial score (nSPS) is 14.9. The molecule has 5 nitrogen and oxygen atoms in total. The second kappa shape index (κ2) is 6.74. The topological polar surface area (TPSA) is 79.5 Å². The molecule has 2 rings (SSSR count). The van der Waals surface area contributed by atoms with Crippen molar-refractivity contribution in [3.8, 4) is 17.6 Å². The van der Waals surface area contributed by atoms with Gasteiger partial charge in [-0.05, 0) is 39.2 Å². The summed E-state index contributed by atoms with van der Waals surface area (Å²) in [5.74, 6) is -0.0407. The number of fused-ring (bicyclic) bond motifs is 1. The van der Waals surface area contributed by atoms with Crippen molar-refractivity contribution in [1.82, 2.24) is 0 Å². The number of rotatable bonds is 5. The summed E-state index contributed by atoms with van der Waals surface area (Å²) in [6.45, 7) is 5.84. The maximum absolute atomic E-state index is 11.8. The number of aromatic hydroxyl groups is 1. The minimum absolute atomic E-state index is 0.0570. The number of nitriles is 1. The number of allylic oxidation sites excluding steroid dienone is 2. The lowest BCUT2D eigenvalue weighted by molar-refractivity contribution is 0.0533. The number of benzene rings is 1. The van der Waals surface area contributed by atoms with Crippen LogP contribution in [0.1, 0.15) is 47.3 Å². The molecule has 0 radical (unpaired) electrons. The first-order valence-corrected chi connectivity index (χ1v) is 7.54. The van der Waals surface area contributed by atoms with Crippen LogP contribution in [0.3, 0.4) is 0 Å². The highest BCUT2D eigenvalue weighted by Crippen LogP contribution is 2.42. The van der Waals surface area contributed by atoms with Gasteiger partial charge < -0.3 is 14.6 Å². The van der Waals surface area contributed by atoms with E-state index in [0.29, 0.717) is 29.7 Å². The van der Waals surface area contributed by atoms with E-state index in [2.05, 4.69) is 6.07 Å². The van der Waals surface area contributed by atoms with Gasteiger partial charge in [-0.3, -0.25) is 0 Å². The summed E-state index contributed by atoms with van der Waals surface area (Å²) < 4.78 is 10.5. The molecule has 1 aliphatic rings. The number of nitrogens with zero attached hydrogens (tertiary/aromatic N) is 1. The molecule has 0 aromatic heterocycles. The zero-order chi connectivity index (χ0) is 17.1. The summed E-state index contributed by atoms with van der Waals surface area (Å²) in [4.78, 5) is 11.8. The van der Waals surface area contributed by atoms with Crippen LogP contribution in [-0.2, 0) is 17.8 Å². The van der Waals surface area contributed by atoms with Crippen molar-refractivity contribution < 1.29 is 19.4 Å². The largest absolute Gasteiger partial charge is 0.507 e. The van der Waals surface area contributed by atoms with E-state index in [4.69, 9.17) is 14.7 Å². The number of cyclic esters (lactones) is 1. The zero-order valence-corrected chi connectivity index (χ0v) is 13.9. The fraction of sp³-hybridized carbons (Fsp3) is 0.444. The Morgan fingerprint density at radius 3 is 2.87 bits per heavy atom. The second-order valence-corrected chi connectivity index (χ2v) is 5.90. The number of methoxy groups -OCH3 is 1. The van der Waals surface area contributed by atoms with Gasteiger partial charge in [-0.2, -0.15) is 5.26 Å². The van der Waals surface area contributed by atoms with Crippen LogP contribution in [0.25, 0.3) is 0 Å². The van der Waals surface area contributed by atoms with Crippen molar-refractivity contribution in [1.29, 1.82) is 5.26 Å². The van der Waals surface area contributed by atoms with Gasteiger partial charge in [0, 0.05) is 17.0 Å². The summed E-state index contributed by atoms with van der Waals surface area (Å²) in [5.41, 5.74) is 3.38. The molecule has 0 amide bonds. The van der Waals surface area contributed by atoms with Crippen molar-refractivity contribution in [3.05, 3.63) is 33.9 Å². The number of ether oxygens (including phenoxy) is 2. The van der Waals surface area contributed by atoms with Crippen LogP contribution in [0, 0.1) is 24.2 Å². The number of esters is 1. The van der Waals surface area contributed by atoms with E-state index in [0.717, 1.165) is 11.1 Å². The Kier molecular flexibility index (Phi) is 4.95. The first kappa shape index (κ1) is 16.9. The fourth-order valence-corrected chi connectivity index (χ4v) is 2.92. The fourth-order valence-electron chi connectivity index (χ4n) is 2.92. The van der Waals surface area contributed by atoms with Gasteiger partial charge in [-0.25, -0.2) is 4.79 Å². The second-order valence-electron chi connectivity index (χ2n) is 5.90. The van der Waals surface area contributed by atoms with E-state index in [9.17, 15) is 9.90 Å². The number of phenols is 1. The molecule has 0 saturated heterocycles. The van der Waals surface area contributed by atoms with Crippen LogP contribution in [-0.4, -0.2) is 18.2 Å². The lowest BCUT2D eigenvalue weighted by Crippen LogP contribution is -2.03. The Balaban J connectivity index is 2.41. The third-order valence-electron chi connectivity index (χ3n) is 4.15. The van der Waals surface area contributed by atoms with E-state index in [1.54, 1.807) is 7.11 Å². The van der Waals surface area contributed by atoms with E-state index in [1.807, 2.05) is 26.8 Å². The highest BCUT2D eigenvalue weighted by atomic mass is 16.5. The van der Waals surface area contributed by atoms with E-state index in [-0.39, 0.29) is 23.8 Å². The highest BCUT2D eigenvalue weighted by Gasteiger charge is 2.31. The monoisotopic (exact) mass is 315 g/mol. The molecule has 1 aliphatic heterocycles. The van der Waals surface area contributed by atoms with Gasteiger partial charge >= 0.3 is 5.97 Å². The summed E-state index contributed by atoms with van der Waals surface area (Å²) in [6, 6.07) is 2.20. The Labute approximate surface area is 136 Å². The summed E-state index contributed by atoms with van der Waals surface area (Å²) in [5, 5.41) is 19.4. The lowest BCUT2D eigenvalue weighted by atomic mass is 9.94. The number of hydrogen-bond donors (Lipinski definition) is 1. The van der Waals surface area contributed by atoms with Crippen molar-refractivity contribution in [2.24, 2.45) is 5.92 Å². The van der Waals surface area contributed by atoms with Gasteiger partial charge in [0.2, 0.25) is 0 Å².